The van der Waals surface area contributed by atoms with Gasteiger partial charge in [-0.3, -0.25) is 9.59 Å². The second-order valence-corrected chi connectivity index (χ2v) is 6.50. The quantitative estimate of drug-likeness (QED) is 0.802. The van der Waals surface area contributed by atoms with Gasteiger partial charge in [0, 0.05) is 18.0 Å². The van der Waals surface area contributed by atoms with Crippen LogP contribution >= 0.6 is 0 Å². The van der Waals surface area contributed by atoms with E-state index in [9.17, 15) is 9.59 Å². The lowest BCUT2D eigenvalue weighted by Crippen LogP contribution is -2.32. The highest BCUT2D eigenvalue weighted by Crippen LogP contribution is 2.30. The number of aliphatic imine (C=N–C) groups is 1. The third kappa shape index (κ3) is 3.67. The van der Waals surface area contributed by atoms with E-state index < -0.39 is 0 Å². The number of rotatable bonds is 6. The summed E-state index contributed by atoms with van der Waals surface area (Å²) in [5.74, 6) is 1.04. The molecule has 1 unspecified atom stereocenters. The maximum Gasteiger partial charge on any atom is 0.273 e. The molecule has 134 valence electrons. The fourth-order valence-electron chi connectivity index (χ4n) is 3.58. The number of carbonyl (C=O) groups is 2. The van der Waals surface area contributed by atoms with Crippen molar-refractivity contribution >= 4 is 17.5 Å². The number of fused-ring (bicyclic) bond motifs is 1. The molecule has 6 nitrogen and oxygen atoms in total. The molecular formula is C19H24N2O4. The van der Waals surface area contributed by atoms with Gasteiger partial charge < -0.3 is 14.8 Å². The van der Waals surface area contributed by atoms with Crippen LogP contribution in [0.1, 0.15) is 32.1 Å². The van der Waals surface area contributed by atoms with E-state index in [0.717, 1.165) is 31.4 Å². The van der Waals surface area contributed by atoms with E-state index >= 15 is 0 Å². The molecule has 2 aliphatic carbocycles. The van der Waals surface area contributed by atoms with Crippen molar-refractivity contribution in [1.29, 1.82) is 0 Å². The summed E-state index contributed by atoms with van der Waals surface area (Å²) >= 11 is 0. The fourth-order valence-corrected chi connectivity index (χ4v) is 3.58. The summed E-state index contributed by atoms with van der Waals surface area (Å²) in [6.07, 6.45) is 10.1. The zero-order valence-corrected chi connectivity index (χ0v) is 14.7. The van der Waals surface area contributed by atoms with Crippen LogP contribution in [-0.2, 0) is 19.1 Å². The average Bonchev–Trinajstić information content (AvgIpc) is 3.16. The Bertz CT molecular complexity index is 682. The van der Waals surface area contributed by atoms with E-state index in [2.05, 4.69) is 10.3 Å². The largest absolute Gasteiger partial charge is 0.500 e. The zero-order valence-electron chi connectivity index (χ0n) is 14.7. The lowest BCUT2D eigenvalue weighted by Gasteiger charge is -2.26. The van der Waals surface area contributed by atoms with Crippen LogP contribution in [0.15, 0.2) is 40.3 Å². The summed E-state index contributed by atoms with van der Waals surface area (Å²) in [7, 11) is 3.15. The van der Waals surface area contributed by atoms with E-state index in [-0.39, 0.29) is 23.7 Å². The van der Waals surface area contributed by atoms with Crippen LogP contribution < -0.4 is 5.32 Å². The number of ether oxygens (including phenoxy) is 2. The van der Waals surface area contributed by atoms with E-state index in [1.807, 2.05) is 12.2 Å². The Morgan fingerprint density at radius 2 is 2.00 bits per heavy atom. The minimum absolute atomic E-state index is 0.102. The number of allylic oxidation sites excluding steroid dienone is 4. The summed E-state index contributed by atoms with van der Waals surface area (Å²) < 4.78 is 10.7. The molecule has 1 N–H and O–H groups in total. The van der Waals surface area contributed by atoms with Crippen molar-refractivity contribution in [2.24, 2.45) is 16.8 Å². The molecule has 6 heteroatoms. The van der Waals surface area contributed by atoms with Gasteiger partial charge in [0.2, 0.25) is 5.91 Å². The molecule has 3 rings (SSSR count). The van der Waals surface area contributed by atoms with Crippen LogP contribution in [0.25, 0.3) is 0 Å². The third-order valence-electron chi connectivity index (χ3n) is 4.99. The molecule has 0 radical (unpaired) electrons. The summed E-state index contributed by atoms with van der Waals surface area (Å²) in [6, 6.07) is 0. The fraction of sp³-hybridized carbons (Fsp3) is 0.526. The predicted molar refractivity (Wildman–Crippen MR) is 93.8 cm³/mol. The number of carbonyl (C=O) groups excluding carboxylic acids is 2. The lowest BCUT2D eigenvalue weighted by molar-refractivity contribution is -0.124. The zero-order chi connectivity index (χ0) is 17.8. The number of amides is 2. The molecule has 0 aromatic rings. The van der Waals surface area contributed by atoms with Crippen molar-refractivity contribution in [3.63, 3.8) is 0 Å². The van der Waals surface area contributed by atoms with Gasteiger partial charge in [0.05, 0.1) is 20.1 Å². The van der Waals surface area contributed by atoms with E-state index in [4.69, 9.17) is 9.47 Å². The first-order valence-electron chi connectivity index (χ1n) is 8.75. The van der Waals surface area contributed by atoms with Crippen LogP contribution in [-0.4, -0.2) is 38.3 Å². The first-order chi connectivity index (χ1) is 12.1. The highest BCUT2D eigenvalue weighted by Gasteiger charge is 2.32. The molecule has 0 saturated heterocycles. The summed E-state index contributed by atoms with van der Waals surface area (Å²) in [4.78, 5) is 28.6. The van der Waals surface area contributed by atoms with Gasteiger partial charge in [-0.05, 0) is 31.4 Å². The van der Waals surface area contributed by atoms with Crippen molar-refractivity contribution < 1.29 is 19.1 Å². The summed E-state index contributed by atoms with van der Waals surface area (Å²) in [5.41, 5.74) is 1.17. The molecule has 3 aliphatic rings. The SMILES string of the molecule is COC1=CC=C(OC)C2C=C(CCNC(=O)C3CCCC3)C(=O)N=C12. The summed E-state index contributed by atoms with van der Waals surface area (Å²) in [5, 5.41) is 2.95. The number of dihydropyridines is 1. The number of nitrogens with one attached hydrogen (secondary N) is 1. The number of hydrogen-bond donors (Lipinski definition) is 1. The molecule has 0 aromatic heterocycles. The Morgan fingerprint density at radius 1 is 1.24 bits per heavy atom. The number of hydrogen-bond acceptors (Lipinski definition) is 4. The standard InChI is InChI=1S/C19H24N2O4/c1-24-15-7-8-16(25-2)17-14(15)11-13(19(23)21-17)9-10-20-18(22)12-5-3-4-6-12/h7-8,11-12,14H,3-6,9-10H2,1-2H3,(H,20,22). The molecule has 0 spiro atoms. The molecule has 1 heterocycles. The molecular weight excluding hydrogens is 320 g/mol. The Labute approximate surface area is 147 Å². The van der Waals surface area contributed by atoms with Crippen molar-refractivity contribution in [2.45, 2.75) is 32.1 Å². The van der Waals surface area contributed by atoms with Gasteiger partial charge in [0.15, 0.2) is 0 Å². The van der Waals surface area contributed by atoms with E-state index in [1.165, 1.54) is 0 Å². The molecule has 2 amide bonds. The van der Waals surface area contributed by atoms with Crippen LogP contribution in [0.3, 0.4) is 0 Å². The van der Waals surface area contributed by atoms with Gasteiger partial charge in [-0.2, -0.15) is 0 Å². The third-order valence-corrected chi connectivity index (χ3v) is 4.99. The van der Waals surface area contributed by atoms with Crippen LogP contribution in [0.5, 0.6) is 0 Å². The maximum atomic E-state index is 12.3. The van der Waals surface area contributed by atoms with Crippen molar-refractivity contribution in [2.75, 3.05) is 20.8 Å². The normalized spacial score (nSPS) is 23.1. The Hall–Kier alpha value is -2.37. The molecule has 1 aliphatic heterocycles. The maximum absolute atomic E-state index is 12.3. The second-order valence-electron chi connectivity index (χ2n) is 6.50. The van der Waals surface area contributed by atoms with E-state index in [0.29, 0.717) is 30.0 Å². The highest BCUT2D eigenvalue weighted by atomic mass is 16.5. The molecule has 0 aromatic carbocycles. The Balaban J connectivity index is 1.64. The van der Waals surface area contributed by atoms with Crippen molar-refractivity contribution in [3.05, 3.63) is 35.3 Å². The number of methoxy groups -OCH3 is 2. The summed E-state index contributed by atoms with van der Waals surface area (Å²) in [6.45, 7) is 0.448. The minimum atomic E-state index is -0.276. The average molecular weight is 344 g/mol. The Morgan fingerprint density at radius 3 is 2.68 bits per heavy atom. The monoisotopic (exact) mass is 344 g/mol. The number of nitrogens with zero attached hydrogens (tertiary/aromatic N) is 1. The molecule has 25 heavy (non-hydrogen) atoms. The van der Waals surface area contributed by atoms with E-state index in [1.54, 1.807) is 20.3 Å². The minimum Gasteiger partial charge on any atom is -0.500 e. The first kappa shape index (κ1) is 17.5. The van der Waals surface area contributed by atoms with Gasteiger partial charge in [0.1, 0.15) is 17.2 Å². The van der Waals surface area contributed by atoms with Crippen molar-refractivity contribution in [1.82, 2.24) is 5.32 Å². The molecule has 1 atom stereocenters. The highest BCUT2D eigenvalue weighted by molar-refractivity contribution is 6.15. The van der Waals surface area contributed by atoms with Crippen LogP contribution in [0.2, 0.25) is 0 Å². The second kappa shape index (κ2) is 7.68. The predicted octanol–water partition coefficient (Wildman–Crippen LogP) is 2.28. The van der Waals surface area contributed by atoms with Gasteiger partial charge in [-0.25, -0.2) is 4.99 Å². The van der Waals surface area contributed by atoms with Gasteiger partial charge >= 0.3 is 0 Å². The molecule has 0 bridgehead atoms. The van der Waals surface area contributed by atoms with Gasteiger partial charge in [0.25, 0.3) is 5.91 Å². The van der Waals surface area contributed by atoms with Crippen LogP contribution in [0.4, 0.5) is 0 Å². The molecule has 1 fully saturated rings. The molecule has 1 saturated carbocycles. The first-order valence-corrected chi connectivity index (χ1v) is 8.75. The smallest absolute Gasteiger partial charge is 0.273 e. The topological polar surface area (TPSA) is 77.0 Å². The van der Waals surface area contributed by atoms with Crippen LogP contribution in [0, 0.1) is 11.8 Å². The van der Waals surface area contributed by atoms with Gasteiger partial charge in [-0.1, -0.05) is 18.9 Å². The van der Waals surface area contributed by atoms with Crippen molar-refractivity contribution in [3.8, 4) is 0 Å². The van der Waals surface area contributed by atoms with Gasteiger partial charge in [-0.15, -0.1) is 0 Å². The lowest BCUT2D eigenvalue weighted by atomic mass is 9.89. The Kier molecular flexibility index (Phi) is 5.36.